The van der Waals surface area contributed by atoms with Crippen molar-refractivity contribution in [2.24, 2.45) is 0 Å². The van der Waals surface area contributed by atoms with Crippen molar-refractivity contribution in [3.63, 3.8) is 0 Å². The van der Waals surface area contributed by atoms with E-state index in [-0.39, 0.29) is 0 Å². The number of nitrogen functional groups attached to an aromatic ring is 1. The molecule has 0 bridgehead atoms. The van der Waals surface area contributed by atoms with Crippen LogP contribution in [-0.2, 0) is 0 Å². The molecule has 0 unspecified atom stereocenters. The van der Waals surface area contributed by atoms with E-state index in [1.807, 2.05) is 48.5 Å². The summed E-state index contributed by atoms with van der Waals surface area (Å²) in [6.07, 6.45) is 0. The molecule has 0 atom stereocenters. The Bertz CT molecular complexity index is 495. The summed E-state index contributed by atoms with van der Waals surface area (Å²) in [5.41, 5.74) is 7.39. The van der Waals surface area contributed by atoms with E-state index in [9.17, 15) is 0 Å². The van der Waals surface area contributed by atoms with E-state index in [0.717, 1.165) is 29.4 Å². The number of nitrogens with two attached hydrogens (primary N) is 1. The molecule has 0 aliphatic rings. The molecule has 0 aliphatic carbocycles. The lowest BCUT2D eigenvalue weighted by Gasteiger charge is -2.09. The number of rotatable bonds is 6. The first-order valence-electron chi connectivity index (χ1n) is 6.14. The van der Waals surface area contributed by atoms with Crippen molar-refractivity contribution in [2.45, 2.75) is 0 Å². The molecule has 2 rings (SSSR count). The van der Waals surface area contributed by atoms with Crippen LogP contribution in [0.4, 0.5) is 11.4 Å². The zero-order valence-corrected chi connectivity index (χ0v) is 10.9. The van der Waals surface area contributed by atoms with Crippen molar-refractivity contribution in [3.05, 3.63) is 48.5 Å². The van der Waals surface area contributed by atoms with Gasteiger partial charge in [-0.3, -0.25) is 0 Å². The van der Waals surface area contributed by atoms with Gasteiger partial charge in [0, 0.05) is 17.9 Å². The Morgan fingerprint density at radius 2 is 1.58 bits per heavy atom. The molecular formula is C15H18N2O2. The monoisotopic (exact) mass is 258 g/mol. The third kappa shape index (κ3) is 4.10. The number of nitrogens with one attached hydrogen (secondary N) is 1. The first kappa shape index (κ1) is 13.1. The molecule has 0 aliphatic heterocycles. The predicted molar refractivity (Wildman–Crippen MR) is 77.8 cm³/mol. The van der Waals surface area contributed by atoms with Gasteiger partial charge in [0.05, 0.1) is 7.11 Å². The van der Waals surface area contributed by atoms with Gasteiger partial charge in [-0.05, 0) is 48.5 Å². The highest BCUT2D eigenvalue weighted by atomic mass is 16.5. The average molecular weight is 258 g/mol. The zero-order chi connectivity index (χ0) is 13.5. The molecule has 0 aromatic heterocycles. The molecule has 0 spiro atoms. The van der Waals surface area contributed by atoms with Crippen molar-refractivity contribution in [2.75, 3.05) is 31.3 Å². The molecule has 4 nitrogen and oxygen atoms in total. The van der Waals surface area contributed by atoms with Crippen molar-refractivity contribution in [1.29, 1.82) is 0 Å². The maximum Gasteiger partial charge on any atom is 0.119 e. The number of hydrogen-bond acceptors (Lipinski definition) is 4. The number of ether oxygens (including phenoxy) is 2. The molecule has 0 saturated heterocycles. The van der Waals surface area contributed by atoms with Gasteiger partial charge in [-0.15, -0.1) is 0 Å². The Morgan fingerprint density at radius 1 is 0.947 bits per heavy atom. The Balaban J connectivity index is 1.72. The van der Waals surface area contributed by atoms with Gasteiger partial charge in [0.25, 0.3) is 0 Å². The minimum atomic E-state index is 0.593. The van der Waals surface area contributed by atoms with Crippen LogP contribution in [0.15, 0.2) is 48.5 Å². The fourth-order valence-corrected chi connectivity index (χ4v) is 1.64. The average Bonchev–Trinajstić information content (AvgIpc) is 2.46. The van der Waals surface area contributed by atoms with Gasteiger partial charge < -0.3 is 20.5 Å². The van der Waals surface area contributed by atoms with Crippen LogP contribution in [0.25, 0.3) is 0 Å². The van der Waals surface area contributed by atoms with E-state index >= 15 is 0 Å². The lowest BCUT2D eigenvalue weighted by molar-refractivity contribution is 0.333. The normalized spacial score (nSPS) is 9.95. The van der Waals surface area contributed by atoms with Gasteiger partial charge in [-0.1, -0.05) is 0 Å². The molecular weight excluding hydrogens is 240 g/mol. The van der Waals surface area contributed by atoms with E-state index in [1.165, 1.54) is 0 Å². The second kappa shape index (κ2) is 6.54. The topological polar surface area (TPSA) is 56.5 Å². The van der Waals surface area contributed by atoms with E-state index < -0.39 is 0 Å². The highest BCUT2D eigenvalue weighted by Crippen LogP contribution is 2.15. The summed E-state index contributed by atoms with van der Waals surface area (Å²) < 4.78 is 10.7. The molecule has 2 aromatic rings. The van der Waals surface area contributed by atoms with Gasteiger partial charge in [0.15, 0.2) is 0 Å². The molecule has 100 valence electrons. The van der Waals surface area contributed by atoms with Crippen LogP contribution >= 0.6 is 0 Å². The van der Waals surface area contributed by atoms with Crippen molar-refractivity contribution >= 4 is 11.4 Å². The molecule has 3 N–H and O–H groups in total. The third-order valence-corrected chi connectivity index (χ3v) is 2.67. The lowest BCUT2D eigenvalue weighted by Crippen LogP contribution is -2.11. The molecule has 0 radical (unpaired) electrons. The summed E-state index contributed by atoms with van der Waals surface area (Å²) in [6.45, 7) is 1.33. The first-order chi connectivity index (χ1) is 9.28. The quantitative estimate of drug-likeness (QED) is 0.618. The zero-order valence-electron chi connectivity index (χ0n) is 10.9. The SMILES string of the molecule is COc1ccc(NCCOc2ccc(N)cc2)cc1. The summed E-state index contributed by atoms with van der Waals surface area (Å²) in [7, 11) is 1.66. The van der Waals surface area contributed by atoms with Gasteiger partial charge in [0.1, 0.15) is 18.1 Å². The minimum Gasteiger partial charge on any atom is -0.497 e. The fraction of sp³-hybridized carbons (Fsp3) is 0.200. The smallest absolute Gasteiger partial charge is 0.119 e. The molecule has 0 saturated carbocycles. The molecule has 4 heteroatoms. The van der Waals surface area contributed by atoms with Crippen LogP contribution in [0.3, 0.4) is 0 Å². The van der Waals surface area contributed by atoms with Crippen LogP contribution < -0.4 is 20.5 Å². The van der Waals surface area contributed by atoms with E-state index in [1.54, 1.807) is 7.11 Å². The largest absolute Gasteiger partial charge is 0.497 e. The molecule has 0 heterocycles. The summed E-state index contributed by atoms with van der Waals surface area (Å²) in [5.74, 6) is 1.68. The van der Waals surface area contributed by atoms with Crippen LogP contribution in [-0.4, -0.2) is 20.3 Å². The highest BCUT2D eigenvalue weighted by molar-refractivity contribution is 5.46. The van der Waals surface area contributed by atoms with Gasteiger partial charge in [0.2, 0.25) is 0 Å². The van der Waals surface area contributed by atoms with E-state index in [4.69, 9.17) is 15.2 Å². The van der Waals surface area contributed by atoms with Crippen molar-refractivity contribution in [1.82, 2.24) is 0 Å². The number of anilines is 2. The molecule has 0 fully saturated rings. The molecule has 19 heavy (non-hydrogen) atoms. The molecule has 2 aromatic carbocycles. The first-order valence-corrected chi connectivity index (χ1v) is 6.14. The minimum absolute atomic E-state index is 0.593. The Hall–Kier alpha value is -2.36. The standard InChI is InChI=1S/C15H18N2O2/c1-18-14-8-4-13(5-9-14)17-10-11-19-15-6-2-12(16)3-7-15/h2-9,17H,10-11,16H2,1H3. The van der Waals surface area contributed by atoms with Crippen molar-refractivity contribution in [3.8, 4) is 11.5 Å². The molecule has 0 amide bonds. The second-order valence-electron chi connectivity index (χ2n) is 4.07. The van der Waals surface area contributed by atoms with Gasteiger partial charge >= 0.3 is 0 Å². The predicted octanol–water partition coefficient (Wildman–Crippen LogP) is 2.77. The lowest BCUT2D eigenvalue weighted by atomic mass is 10.3. The Kier molecular flexibility index (Phi) is 4.50. The Labute approximate surface area is 113 Å². The second-order valence-corrected chi connectivity index (χ2v) is 4.07. The van der Waals surface area contributed by atoms with E-state index in [2.05, 4.69) is 5.32 Å². The summed E-state index contributed by atoms with van der Waals surface area (Å²) in [5, 5.41) is 3.27. The number of benzene rings is 2. The highest BCUT2D eigenvalue weighted by Gasteiger charge is 1.95. The summed E-state index contributed by atoms with van der Waals surface area (Å²) in [4.78, 5) is 0. The van der Waals surface area contributed by atoms with E-state index in [0.29, 0.717) is 6.61 Å². The van der Waals surface area contributed by atoms with Gasteiger partial charge in [-0.2, -0.15) is 0 Å². The number of methoxy groups -OCH3 is 1. The third-order valence-electron chi connectivity index (χ3n) is 2.67. The summed E-state index contributed by atoms with van der Waals surface area (Å²) in [6, 6.07) is 15.2. The fourth-order valence-electron chi connectivity index (χ4n) is 1.64. The maximum atomic E-state index is 5.60. The van der Waals surface area contributed by atoms with Crippen molar-refractivity contribution < 1.29 is 9.47 Å². The number of hydrogen-bond donors (Lipinski definition) is 2. The Morgan fingerprint density at radius 3 is 2.21 bits per heavy atom. The van der Waals surface area contributed by atoms with Crippen LogP contribution in [0.2, 0.25) is 0 Å². The maximum absolute atomic E-state index is 5.60. The summed E-state index contributed by atoms with van der Waals surface area (Å²) >= 11 is 0. The van der Waals surface area contributed by atoms with Crippen LogP contribution in [0.5, 0.6) is 11.5 Å². The van der Waals surface area contributed by atoms with Gasteiger partial charge in [-0.25, -0.2) is 0 Å². The van der Waals surface area contributed by atoms with Crippen LogP contribution in [0, 0.1) is 0 Å². The van der Waals surface area contributed by atoms with Crippen LogP contribution in [0.1, 0.15) is 0 Å².